The van der Waals surface area contributed by atoms with Crippen molar-refractivity contribution in [2.24, 2.45) is 0 Å². The molecule has 0 spiro atoms. The third kappa shape index (κ3) is 4.08. The molecule has 0 N–H and O–H groups in total. The number of nitrogens with zero attached hydrogens (tertiary/aromatic N) is 1. The molecule has 1 aliphatic rings. The summed E-state index contributed by atoms with van der Waals surface area (Å²) in [6.07, 6.45) is 1.72. The highest BCUT2D eigenvalue weighted by molar-refractivity contribution is 6.32. The Hall–Kier alpha value is -2.99. The Kier molecular flexibility index (Phi) is 6.66. The summed E-state index contributed by atoms with van der Waals surface area (Å²) in [5.41, 5.74) is 2.03. The van der Waals surface area contributed by atoms with E-state index in [1.807, 2.05) is 39.0 Å². The van der Waals surface area contributed by atoms with E-state index in [-0.39, 0.29) is 17.1 Å². The Balaban J connectivity index is 1.94. The van der Waals surface area contributed by atoms with Gasteiger partial charge >= 0.3 is 0 Å². The number of hydrogen-bond donors (Lipinski definition) is 0. The molecule has 2 heterocycles. The van der Waals surface area contributed by atoms with Gasteiger partial charge in [-0.3, -0.25) is 9.59 Å². The van der Waals surface area contributed by atoms with Gasteiger partial charge in [0, 0.05) is 11.6 Å². The van der Waals surface area contributed by atoms with Crippen LogP contribution in [0.1, 0.15) is 66.9 Å². The maximum atomic E-state index is 13.7. The lowest BCUT2D eigenvalue weighted by Gasteiger charge is -2.25. The van der Waals surface area contributed by atoms with Gasteiger partial charge in [0.2, 0.25) is 5.76 Å². The number of rotatable bonds is 8. The summed E-state index contributed by atoms with van der Waals surface area (Å²) < 4.78 is 17.5. The Labute approximate surface area is 198 Å². The first-order chi connectivity index (χ1) is 15.9. The van der Waals surface area contributed by atoms with E-state index in [9.17, 15) is 9.59 Å². The fourth-order valence-electron chi connectivity index (χ4n) is 4.28. The minimum absolute atomic E-state index is 0.0992. The first-order valence-electron chi connectivity index (χ1n) is 11.4. The number of carbonyl (C=O) groups excluding carboxylic acids is 1. The van der Waals surface area contributed by atoms with Crippen LogP contribution in [0.5, 0.6) is 11.5 Å². The van der Waals surface area contributed by atoms with Crippen molar-refractivity contribution in [3.8, 4) is 11.5 Å². The van der Waals surface area contributed by atoms with Crippen molar-refractivity contribution in [1.29, 1.82) is 0 Å². The predicted molar refractivity (Wildman–Crippen MR) is 129 cm³/mol. The molecule has 1 unspecified atom stereocenters. The second-order valence-corrected chi connectivity index (χ2v) is 8.51. The van der Waals surface area contributed by atoms with E-state index in [0.717, 1.165) is 24.0 Å². The summed E-state index contributed by atoms with van der Waals surface area (Å²) in [4.78, 5) is 28.8. The molecule has 0 saturated heterocycles. The molecule has 4 rings (SSSR count). The Morgan fingerprint density at radius 3 is 2.45 bits per heavy atom. The Bertz CT molecular complexity index is 1270. The Morgan fingerprint density at radius 1 is 1.03 bits per heavy atom. The van der Waals surface area contributed by atoms with Crippen molar-refractivity contribution in [2.45, 2.75) is 46.6 Å². The van der Waals surface area contributed by atoms with Crippen LogP contribution in [0.4, 0.5) is 0 Å². The molecule has 3 aromatic rings. The number of unbranched alkanes of at least 4 members (excludes halogenated alkanes) is 1. The van der Waals surface area contributed by atoms with Crippen molar-refractivity contribution in [3.05, 3.63) is 68.0 Å². The van der Waals surface area contributed by atoms with Crippen molar-refractivity contribution in [1.82, 2.24) is 4.90 Å². The molecule has 174 valence electrons. The molecule has 6 nitrogen and oxygen atoms in total. The molecule has 0 bridgehead atoms. The van der Waals surface area contributed by atoms with Gasteiger partial charge < -0.3 is 18.8 Å². The number of amides is 1. The zero-order valence-electron chi connectivity index (χ0n) is 19.4. The van der Waals surface area contributed by atoms with E-state index in [1.165, 1.54) is 0 Å². The van der Waals surface area contributed by atoms with Crippen LogP contribution >= 0.6 is 11.6 Å². The van der Waals surface area contributed by atoms with Crippen LogP contribution in [-0.4, -0.2) is 30.6 Å². The molecular formula is C26H28ClNO5. The second kappa shape index (κ2) is 9.48. The smallest absolute Gasteiger partial charge is 0.290 e. The normalized spacial score (nSPS) is 15.2. The zero-order valence-corrected chi connectivity index (χ0v) is 20.1. The largest absolute Gasteiger partial charge is 0.490 e. The van der Waals surface area contributed by atoms with Gasteiger partial charge in [0.05, 0.1) is 30.2 Å². The number of fused-ring (bicyclic) bond motifs is 2. The number of aryl methyl sites for hydroxylation is 1. The molecule has 1 aromatic heterocycles. The fourth-order valence-corrected chi connectivity index (χ4v) is 4.45. The number of hydrogen-bond acceptors (Lipinski definition) is 5. The minimum atomic E-state index is -0.574. The average Bonchev–Trinajstić information content (AvgIpc) is 3.07. The van der Waals surface area contributed by atoms with E-state index in [0.29, 0.717) is 52.8 Å². The highest BCUT2D eigenvalue weighted by atomic mass is 35.5. The van der Waals surface area contributed by atoms with Crippen LogP contribution in [0.3, 0.4) is 0 Å². The molecule has 33 heavy (non-hydrogen) atoms. The summed E-state index contributed by atoms with van der Waals surface area (Å²) in [6.45, 7) is 9.19. The average molecular weight is 470 g/mol. The van der Waals surface area contributed by atoms with E-state index < -0.39 is 6.04 Å². The summed E-state index contributed by atoms with van der Waals surface area (Å²) >= 11 is 6.30. The van der Waals surface area contributed by atoms with Crippen molar-refractivity contribution in [3.63, 3.8) is 0 Å². The van der Waals surface area contributed by atoms with Crippen molar-refractivity contribution >= 4 is 28.5 Å². The van der Waals surface area contributed by atoms with E-state index in [1.54, 1.807) is 17.0 Å². The van der Waals surface area contributed by atoms with Gasteiger partial charge in [-0.25, -0.2) is 0 Å². The maximum absolute atomic E-state index is 13.7. The first-order valence-corrected chi connectivity index (χ1v) is 11.8. The third-order valence-electron chi connectivity index (χ3n) is 5.88. The van der Waals surface area contributed by atoms with E-state index in [4.69, 9.17) is 25.5 Å². The van der Waals surface area contributed by atoms with Crippen LogP contribution < -0.4 is 14.9 Å². The minimum Gasteiger partial charge on any atom is -0.490 e. The molecule has 0 saturated carbocycles. The standard InChI is InChI=1S/C26H28ClNO5/c1-5-8-11-28-23(16-9-10-19(31-6-2)21(13-16)32-7-3)22-24(29)17-14-18(27)15(4)12-20(17)33-25(22)26(28)30/h9-10,12-14,23H,5-8,11H2,1-4H3. The SMILES string of the molecule is CCCCN1C(=O)c2oc3cc(C)c(Cl)cc3c(=O)c2C1c1ccc(OCC)c(OCC)c1. The highest BCUT2D eigenvalue weighted by Gasteiger charge is 2.42. The number of carbonyl (C=O) groups is 1. The summed E-state index contributed by atoms with van der Waals surface area (Å²) in [7, 11) is 0. The van der Waals surface area contributed by atoms with Crippen LogP contribution in [0.25, 0.3) is 11.0 Å². The molecule has 0 fully saturated rings. The van der Waals surface area contributed by atoms with E-state index in [2.05, 4.69) is 6.92 Å². The maximum Gasteiger partial charge on any atom is 0.290 e. The molecular weight excluding hydrogens is 442 g/mol. The lowest BCUT2D eigenvalue weighted by atomic mass is 9.97. The van der Waals surface area contributed by atoms with Crippen LogP contribution in [0.2, 0.25) is 5.02 Å². The third-order valence-corrected chi connectivity index (χ3v) is 6.29. The van der Waals surface area contributed by atoms with Gasteiger partial charge in [-0.05, 0) is 62.6 Å². The lowest BCUT2D eigenvalue weighted by Crippen LogP contribution is -2.30. The van der Waals surface area contributed by atoms with Crippen LogP contribution in [-0.2, 0) is 0 Å². The zero-order chi connectivity index (χ0) is 23.7. The monoisotopic (exact) mass is 469 g/mol. The molecule has 1 aliphatic heterocycles. The van der Waals surface area contributed by atoms with Gasteiger partial charge in [-0.2, -0.15) is 0 Å². The fraction of sp³-hybridized carbons (Fsp3) is 0.385. The Morgan fingerprint density at radius 2 is 1.76 bits per heavy atom. The van der Waals surface area contributed by atoms with Crippen LogP contribution in [0, 0.1) is 6.92 Å². The van der Waals surface area contributed by atoms with Gasteiger partial charge in [0.25, 0.3) is 5.91 Å². The van der Waals surface area contributed by atoms with Crippen LogP contribution in [0.15, 0.2) is 39.5 Å². The quantitative estimate of drug-likeness (QED) is 0.411. The van der Waals surface area contributed by atoms with Crippen molar-refractivity contribution in [2.75, 3.05) is 19.8 Å². The number of ether oxygens (including phenoxy) is 2. The molecule has 0 radical (unpaired) electrons. The molecule has 2 aromatic carbocycles. The topological polar surface area (TPSA) is 69.0 Å². The molecule has 0 aliphatic carbocycles. The predicted octanol–water partition coefficient (Wildman–Crippen LogP) is 5.90. The highest BCUT2D eigenvalue weighted by Crippen LogP contribution is 2.41. The summed E-state index contributed by atoms with van der Waals surface area (Å²) in [5.74, 6) is 1.03. The summed E-state index contributed by atoms with van der Waals surface area (Å²) in [6, 6.07) is 8.32. The number of benzene rings is 2. The lowest BCUT2D eigenvalue weighted by molar-refractivity contribution is 0.0725. The molecule has 7 heteroatoms. The van der Waals surface area contributed by atoms with Gasteiger partial charge in [-0.15, -0.1) is 0 Å². The molecule has 1 amide bonds. The van der Waals surface area contributed by atoms with Gasteiger partial charge in [0.1, 0.15) is 5.58 Å². The first kappa shape index (κ1) is 23.2. The second-order valence-electron chi connectivity index (χ2n) is 8.10. The molecule has 1 atom stereocenters. The van der Waals surface area contributed by atoms with E-state index >= 15 is 0 Å². The van der Waals surface area contributed by atoms with Gasteiger partial charge in [0.15, 0.2) is 16.9 Å². The van der Waals surface area contributed by atoms with Gasteiger partial charge in [-0.1, -0.05) is 31.0 Å². The summed E-state index contributed by atoms with van der Waals surface area (Å²) in [5, 5.41) is 0.855. The van der Waals surface area contributed by atoms with Crippen molar-refractivity contribution < 1.29 is 18.7 Å². The number of halogens is 1.